The Morgan fingerprint density at radius 3 is 2.29 bits per heavy atom. The van der Waals surface area contributed by atoms with Crippen LogP contribution in [0.25, 0.3) is 33.9 Å². The molecule has 0 bridgehead atoms. The first-order valence-electron chi connectivity index (χ1n) is 12.1. The minimum Gasteiger partial charge on any atom is -0.444 e. The van der Waals surface area contributed by atoms with Crippen LogP contribution in [0, 0.1) is 0 Å². The molecular formula is C29H28N4O. The molecule has 0 aliphatic carbocycles. The second-order valence-corrected chi connectivity index (χ2v) is 9.05. The van der Waals surface area contributed by atoms with Crippen molar-refractivity contribution in [2.24, 2.45) is 0 Å². The molecule has 34 heavy (non-hydrogen) atoms. The largest absolute Gasteiger partial charge is 0.444 e. The molecule has 2 aromatic heterocycles. The van der Waals surface area contributed by atoms with Gasteiger partial charge < -0.3 is 8.98 Å². The number of likely N-dealkylation sites (tertiary alicyclic amines) is 1. The average molecular weight is 449 g/mol. The third-order valence-corrected chi connectivity index (χ3v) is 6.61. The molecule has 1 aliphatic rings. The number of fused-ring (bicyclic) bond motifs is 1. The second-order valence-electron chi connectivity index (χ2n) is 9.05. The first-order chi connectivity index (χ1) is 16.8. The van der Waals surface area contributed by atoms with E-state index >= 15 is 0 Å². The molecule has 0 unspecified atom stereocenters. The van der Waals surface area contributed by atoms with Gasteiger partial charge in [-0.05, 0) is 55.8 Å². The van der Waals surface area contributed by atoms with E-state index in [0.29, 0.717) is 5.89 Å². The van der Waals surface area contributed by atoms with E-state index in [1.165, 1.54) is 24.8 Å². The van der Waals surface area contributed by atoms with E-state index < -0.39 is 0 Å². The van der Waals surface area contributed by atoms with E-state index in [1.54, 1.807) is 0 Å². The van der Waals surface area contributed by atoms with Gasteiger partial charge in [-0.1, -0.05) is 61.0 Å². The highest BCUT2D eigenvalue weighted by Gasteiger charge is 2.15. The van der Waals surface area contributed by atoms with Crippen LogP contribution in [0.15, 0.2) is 89.5 Å². The van der Waals surface area contributed by atoms with Gasteiger partial charge in [0.2, 0.25) is 5.89 Å². The molecule has 0 atom stereocenters. The monoisotopic (exact) mass is 448 g/mol. The SMILES string of the molecule is c1ccc(-c2nc3ccccc3n2Cc2ccc(-c3nc(CN4CCCCC4)co3)cc2)cc1. The maximum absolute atomic E-state index is 5.82. The molecule has 0 amide bonds. The molecule has 0 radical (unpaired) electrons. The number of benzene rings is 3. The highest BCUT2D eigenvalue weighted by Crippen LogP contribution is 2.27. The summed E-state index contributed by atoms with van der Waals surface area (Å²) < 4.78 is 8.11. The summed E-state index contributed by atoms with van der Waals surface area (Å²) in [5.41, 5.74) is 6.51. The highest BCUT2D eigenvalue weighted by atomic mass is 16.3. The van der Waals surface area contributed by atoms with Crippen LogP contribution in [0.5, 0.6) is 0 Å². The number of hydrogen-bond acceptors (Lipinski definition) is 4. The Morgan fingerprint density at radius 1 is 0.706 bits per heavy atom. The lowest BCUT2D eigenvalue weighted by atomic mass is 10.1. The Bertz CT molecular complexity index is 1380. The third kappa shape index (κ3) is 4.27. The quantitative estimate of drug-likeness (QED) is 0.302. The Morgan fingerprint density at radius 2 is 1.47 bits per heavy atom. The smallest absolute Gasteiger partial charge is 0.226 e. The maximum Gasteiger partial charge on any atom is 0.226 e. The van der Waals surface area contributed by atoms with Crippen LogP contribution in [0.4, 0.5) is 0 Å². The molecule has 0 spiro atoms. The van der Waals surface area contributed by atoms with Crippen molar-refractivity contribution in [1.82, 2.24) is 19.4 Å². The number of hydrogen-bond donors (Lipinski definition) is 0. The van der Waals surface area contributed by atoms with E-state index in [0.717, 1.165) is 59.9 Å². The normalized spacial score (nSPS) is 14.6. The number of aromatic nitrogens is 3. The van der Waals surface area contributed by atoms with Crippen molar-refractivity contribution in [2.45, 2.75) is 32.4 Å². The van der Waals surface area contributed by atoms with E-state index in [4.69, 9.17) is 14.4 Å². The zero-order chi connectivity index (χ0) is 22.7. The van der Waals surface area contributed by atoms with Gasteiger partial charge >= 0.3 is 0 Å². The van der Waals surface area contributed by atoms with Gasteiger partial charge in [-0.3, -0.25) is 4.90 Å². The lowest BCUT2D eigenvalue weighted by Gasteiger charge is -2.25. The zero-order valence-electron chi connectivity index (χ0n) is 19.2. The van der Waals surface area contributed by atoms with E-state index in [9.17, 15) is 0 Å². The lowest BCUT2D eigenvalue weighted by molar-refractivity contribution is 0.218. The summed E-state index contributed by atoms with van der Waals surface area (Å²) in [7, 11) is 0. The number of oxazole rings is 1. The van der Waals surface area contributed by atoms with Gasteiger partial charge in [0.15, 0.2) is 0 Å². The van der Waals surface area contributed by atoms with Crippen molar-refractivity contribution in [3.05, 3.63) is 96.4 Å². The summed E-state index contributed by atoms with van der Waals surface area (Å²) in [5.74, 6) is 1.68. The van der Waals surface area contributed by atoms with Crippen LogP contribution in [-0.4, -0.2) is 32.5 Å². The van der Waals surface area contributed by atoms with Gasteiger partial charge in [0.1, 0.15) is 12.1 Å². The molecular weight excluding hydrogens is 420 g/mol. The molecule has 5 aromatic rings. The van der Waals surface area contributed by atoms with E-state index in [-0.39, 0.29) is 0 Å². The van der Waals surface area contributed by atoms with Crippen molar-refractivity contribution in [1.29, 1.82) is 0 Å². The fourth-order valence-corrected chi connectivity index (χ4v) is 4.84. The predicted octanol–water partition coefficient (Wildman–Crippen LogP) is 6.39. The van der Waals surface area contributed by atoms with Gasteiger partial charge in [-0.25, -0.2) is 9.97 Å². The highest BCUT2D eigenvalue weighted by molar-refractivity contribution is 5.80. The van der Waals surface area contributed by atoms with E-state index in [2.05, 4.69) is 76.2 Å². The summed E-state index contributed by atoms with van der Waals surface area (Å²) in [5, 5.41) is 0. The third-order valence-electron chi connectivity index (χ3n) is 6.61. The molecule has 1 saturated heterocycles. The predicted molar refractivity (Wildman–Crippen MR) is 135 cm³/mol. The first-order valence-corrected chi connectivity index (χ1v) is 12.1. The van der Waals surface area contributed by atoms with Crippen LogP contribution < -0.4 is 0 Å². The van der Waals surface area contributed by atoms with Crippen LogP contribution >= 0.6 is 0 Å². The topological polar surface area (TPSA) is 47.1 Å². The summed E-state index contributed by atoms with van der Waals surface area (Å²) >= 11 is 0. The minimum atomic E-state index is 0.691. The van der Waals surface area contributed by atoms with Crippen molar-refractivity contribution < 1.29 is 4.42 Å². The van der Waals surface area contributed by atoms with E-state index in [1.807, 2.05) is 18.4 Å². The van der Waals surface area contributed by atoms with Crippen LogP contribution in [0.3, 0.4) is 0 Å². The van der Waals surface area contributed by atoms with Crippen molar-refractivity contribution in [3.63, 3.8) is 0 Å². The summed E-state index contributed by atoms with van der Waals surface area (Å²) in [4.78, 5) is 12.1. The average Bonchev–Trinajstić information content (AvgIpc) is 3.51. The molecule has 6 rings (SSSR count). The first kappa shape index (κ1) is 20.9. The molecule has 1 aliphatic heterocycles. The molecule has 1 fully saturated rings. The van der Waals surface area contributed by atoms with Gasteiger partial charge in [0.05, 0.1) is 16.7 Å². The summed E-state index contributed by atoms with van der Waals surface area (Å²) in [6.07, 6.45) is 5.71. The fourth-order valence-electron chi connectivity index (χ4n) is 4.84. The Hall–Kier alpha value is -3.70. The standard InChI is InChI=1S/C29H28N4O/c1-3-9-23(10-4-1)28-31-26-11-5-6-12-27(26)33(28)19-22-13-15-24(16-14-22)29-30-25(21-34-29)20-32-17-7-2-8-18-32/h1,3-6,9-16,21H,2,7-8,17-20H2. The summed E-state index contributed by atoms with van der Waals surface area (Å²) in [6, 6.07) is 27.2. The molecule has 0 N–H and O–H groups in total. The Kier molecular flexibility index (Phi) is 5.69. The van der Waals surface area contributed by atoms with Crippen LogP contribution in [-0.2, 0) is 13.1 Å². The second kappa shape index (κ2) is 9.27. The minimum absolute atomic E-state index is 0.691. The number of piperidine rings is 1. The van der Waals surface area contributed by atoms with Crippen LogP contribution in [0.1, 0.15) is 30.5 Å². The van der Waals surface area contributed by atoms with Gasteiger partial charge in [0.25, 0.3) is 0 Å². The maximum atomic E-state index is 5.82. The van der Waals surface area contributed by atoms with Gasteiger partial charge in [0, 0.05) is 24.2 Å². The van der Waals surface area contributed by atoms with Gasteiger partial charge in [-0.2, -0.15) is 0 Å². The molecule has 5 heteroatoms. The number of rotatable bonds is 6. The van der Waals surface area contributed by atoms with Crippen LogP contribution in [0.2, 0.25) is 0 Å². The number of nitrogens with zero attached hydrogens (tertiary/aromatic N) is 4. The summed E-state index contributed by atoms with van der Waals surface area (Å²) in [6.45, 7) is 3.93. The van der Waals surface area contributed by atoms with Gasteiger partial charge in [-0.15, -0.1) is 0 Å². The number of para-hydroxylation sites is 2. The Labute approximate surface area is 199 Å². The van der Waals surface area contributed by atoms with Crippen molar-refractivity contribution >= 4 is 11.0 Å². The van der Waals surface area contributed by atoms with Crippen molar-refractivity contribution in [2.75, 3.05) is 13.1 Å². The molecule has 170 valence electrons. The molecule has 3 aromatic carbocycles. The Balaban J connectivity index is 1.24. The molecule has 5 nitrogen and oxygen atoms in total. The lowest BCUT2D eigenvalue weighted by Crippen LogP contribution is -2.29. The number of imidazole rings is 1. The molecule has 0 saturated carbocycles. The fraction of sp³-hybridized carbons (Fsp3) is 0.241. The van der Waals surface area contributed by atoms with Crippen molar-refractivity contribution in [3.8, 4) is 22.8 Å². The zero-order valence-corrected chi connectivity index (χ0v) is 19.2. The molecule has 3 heterocycles.